The number of benzene rings is 3. The van der Waals surface area contributed by atoms with E-state index in [4.69, 9.17) is 13.3 Å². The van der Waals surface area contributed by atoms with Gasteiger partial charge >= 0.3 is 0 Å². The highest BCUT2D eigenvalue weighted by Crippen LogP contribution is 2.31. The minimum absolute atomic E-state index is 0.0952. The highest BCUT2D eigenvalue weighted by molar-refractivity contribution is 14.1. The van der Waals surface area contributed by atoms with Gasteiger partial charge in [0.25, 0.3) is 0 Å². The van der Waals surface area contributed by atoms with Crippen LogP contribution in [0.4, 0.5) is 10.1 Å². The van der Waals surface area contributed by atoms with Crippen molar-refractivity contribution in [3.8, 4) is 11.1 Å². The number of aryl methyl sites for hydroxylation is 2. The maximum absolute atomic E-state index is 13.5. The quantitative estimate of drug-likeness (QED) is 0.169. The molecule has 3 aromatic carbocycles. The van der Waals surface area contributed by atoms with E-state index in [1.165, 1.54) is 27.8 Å². The normalized spacial score (nSPS) is 11.4. The maximum atomic E-state index is 13.5. The highest BCUT2D eigenvalue weighted by atomic mass is 127. The van der Waals surface area contributed by atoms with Crippen LogP contribution in [0.5, 0.6) is 0 Å². The van der Waals surface area contributed by atoms with Crippen molar-refractivity contribution in [2.45, 2.75) is 20.3 Å². The van der Waals surface area contributed by atoms with Gasteiger partial charge in [0.05, 0.1) is 22.9 Å². The second kappa shape index (κ2) is 9.60. The first-order valence-electron chi connectivity index (χ1n) is 9.65. The summed E-state index contributed by atoms with van der Waals surface area (Å²) < 4.78 is 15.5. The Labute approximate surface area is 193 Å². The number of hydrogen-bond donors (Lipinski definition) is 1. The molecule has 3 rings (SSSR count). The Morgan fingerprint density at radius 3 is 2.33 bits per heavy atom. The first kappa shape index (κ1) is 22.3. The van der Waals surface area contributed by atoms with Gasteiger partial charge in [-0.15, -0.1) is 5.98 Å². The van der Waals surface area contributed by atoms with Gasteiger partial charge in [-0.05, 0) is 54.2 Å². The summed E-state index contributed by atoms with van der Waals surface area (Å²) in [6.07, 6.45) is 0.746. The number of nitrogens with zero attached hydrogens (tertiary/aromatic N) is 1. The molecule has 3 aromatic rings. The average molecular weight is 508 g/mol. The third-order valence-electron chi connectivity index (χ3n) is 5.01. The van der Waals surface area contributed by atoms with Crippen LogP contribution in [0.25, 0.3) is 16.7 Å². The molecule has 0 fully saturated rings. The first-order valence-corrected chi connectivity index (χ1v) is 10.6. The van der Waals surface area contributed by atoms with Gasteiger partial charge in [0.15, 0.2) is 0 Å². The molecule has 0 aliphatic rings. The third-order valence-corrected chi connectivity index (χ3v) is 5.53. The van der Waals surface area contributed by atoms with Gasteiger partial charge in [-0.3, -0.25) is 5.41 Å². The lowest BCUT2D eigenvalue weighted by molar-refractivity contribution is 0.807. The largest absolute Gasteiger partial charge is 0.318 e. The average Bonchev–Trinajstić information content (AvgIpc) is 2.68. The molecule has 30 heavy (non-hydrogen) atoms. The molecule has 0 atom stereocenters. The second-order valence-corrected chi connectivity index (χ2v) is 8.92. The van der Waals surface area contributed by atoms with Crippen molar-refractivity contribution in [1.82, 2.24) is 0 Å². The van der Waals surface area contributed by atoms with Crippen LogP contribution in [-0.4, -0.2) is 20.9 Å². The van der Waals surface area contributed by atoms with E-state index in [1.807, 2.05) is 28.4 Å². The van der Waals surface area contributed by atoms with Crippen molar-refractivity contribution in [1.29, 1.82) is 5.41 Å². The predicted molar refractivity (Wildman–Crippen MR) is 136 cm³/mol. The van der Waals surface area contributed by atoms with E-state index < -0.39 is 5.97 Å². The smallest absolute Gasteiger partial charge is 0.212 e. The fraction of sp³-hybridized carbons (Fsp3) is 0.160. The summed E-state index contributed by atoms with van der Waals surface area (Å²) in [5.41, 5.74) is 8.89. The summed E-state index contributed by atoms with van der Waals surface area (Å²) in [5.74, 6) is 0.107. The van der Waals surface area contributed by atoms with Crippen LogP contribution in [0.1, 0.15) is 27.8 Å². The summed E-state index contributed by atoms with van der Waals surface area (Å²) in [4.78, 5) is 0. The fourth-order valence-electron chi connectivity index (χ4n) is 3.69. The standard InChI is InChI=1S/C25H23BFIN2/c1-16-9-17(2)11-22(10-16)19-6-4-5-18(12-19)13-21-8-7-20(14-24(21)30(3)28)23(15-26)25(27)29/h4-12,14-15,29H,13H2,1-3H3/b23-15-,29-25?. The Balaban J connectivity index is 1.97. The molecule has 2 radical (unpaired) electrons. The number of nitrogens with one attached hydrogen (secondary N) is 1. The lowest BCUT2D eigenvalue weighted by Gasteiger charge is -2.18. The van der Waals surface area contributed by atoms with Crippen LogP contribution in [0.15, 0.2) is 66.6 Å². The number of anilines is 1. The van der Waals surface area contributed by atoms with Crippen molar-refractivity contribution >= 4 is 47.9 Å². The van der Waals surface area contributed by atoms with E-state index in [-0.39, 0.29) is 5.57 Å². The minimum Gasteiger partial charge on any atom is -0.318 e. The summed E-state index contributed by atoms with van der Waals surface area (Å²) >= 11 is 2.20. The van der Waals surface area contributed by atoms with Crippen molar-refractivity contribution in [2.24, 2.45) is 0 Å². The first-order chi connectivity index (χ1) is 14.3. The predicted octanol–water partition coefficient (Wildman–Crippen LogP) is 6.80. The van der Waals surface area contributed by atoms with E-state index >= 15 is 0 Å². The van der Waals surface area contributed by atoms with Crippen LogP contribution < -0.4 is 3.11 Å². The zero-order valence-corrected chi connectivity index (χ0v) is 19.5. The molecule has 0 saturated carbocycles. The van der Waals surface area contributed by atoms with Crippen molar-refractivity contribution in [3.63, 3.8) is 0 Å². The molecule has 0 heterocycles. The molecule has 5 heteroatoms. The topological polar surface area (TPSA) is 27.1 Å². The molecule has 1 N–H and O–H groups in total. The van der Waals surface area contributed by atoms with Gasteiger partial charge in [0, 0.05) is 18.3 Å². The molecule has 0 aliphatic heterocycles. The van der Waals surface area contributed by atoms with Gasteiger partial charge in [-0.1, -0.05) is 65.7 Å². The van der Waals surface area contributed by atoms with E-state index in [0.717, 1.165) is 23.6 Å². The molecular weight excluding hydrogens is 485 g/mol. The molecule has 2 nitrogen and oxygen atoms in total. The highest BCUT2D eigenvalue weighted by Gasteiger charge is 2.13. The van der Waals surface area contributed by atoms with Gasteiger partial charge < -0.3 is 3.11 Å². The number of halogens is 2. The van der Waals surface area contributed by atoms with Gasteiger partial charge in [0.1, 0.15) is 7.85 Å². The SMILES string of the molecule is [B]/C=C(\C(=N)F)c1ccc(Cc2cccc(-c3cc(C)cc(C)c3)c2)c(N(C)I)c1. The zero-order chi connectivity index (χ0) is 21.8. The Kier molecular flexibility index (Phi) is 7.13. The van der Waals surface area contributed by atoms with Gasteiger partial charge in [0.2, 0.25) is 5.97 Å². The number of hydrogen-bond acceptors (Lipinski definition) is 2. The lowest BCUT2D eigenvalue weighted by Crippen LogP contribution is -2.06. The molecule has 0 aromatic heterocycles. The van der Waals surface area contributed by atoms with Crippen molar-refractivity contribution in [3.05, 3.63) is 94.5 Å². The van der Waals surface area contributed by atoms with E-state index in [9.17, 15) is 4.39 Å². The maximum Gasteiger partial charge on any atom is 0.212 e. The zero-order valence-electron chi connectivity index (χ0n) is 17.3. The molecule has 0 amide bonds. The van der Waals surface area contributed by atoms with E-state index in [2.05, 4.69) is 79.2 Å². The van der Waals surface area contributed by atoms with Crippen LogP contribution in [0, 0.1) is 19.3 Å². The van der Waals surface area contributed by atoms with Crippen LogP contribution in [0.2, 0.25) is 0 Å². The molecular formula is C25H23BFIN2. The minimum atomic E-state index is -1.03. The van der Waals surface area contributed by atoms with Crippen LogP contribution in [-0.2, 0) is 6.42 Å². The summed E-state index contributed by atoms with van der Waals surface area (Å²) in [6, 6.07) is 20.8. The Hall–Kier alpha value is -2.41. The van der Waals surface area contributed by atoms with Crippen molar-refractivity contribution in [2.75, 3.05) is 10.2 Å². The third kappa shape index (κ3) is 5.19. The molecule has 0 aliphatic carbocycles. The summed E-state index contributed by atoms with van der Waals surface area (Å²) in [7, 11) is 7.47. The molecule has 0 unspecified atom stereocenters. The van der Waals surface area contributed by atoms with E-state index in [0.29, 0.717) is 5.56 Å². The Morgan fingerprint density at radius 1 is 1.03 bits per heavy atom. The van der Waals surface area contributed by atoms with Crippen LogP contribution in [0.3, 0.4) is 0 Å². The lowest BCUT2D eigenvalue weighted by atomic mass is 9.93. The number of allylic oxidation sites excluding steroid dienone is 1. The molecule has 0 saturated heterocycles. The van der Waals surface area contributed by atoms with E-state index in [1.54, 1.807) is 0 Å². The van der Waals surface area contributed by atoms with Gasteiger partial charge in [-0.2, -0.15) is 4.39 Å². The van der Waals surface area contributed by atoms with Crippen molar-refractivity contribution < 1.29 is 4.39 Å². The summed E-state index contributed by atoms with van der Waals surface area (Å²) in [6.45, 7) is 4.23. The summed E-state index contributed by atoms with van der Waals surface area (Å²) in [5, 5.41) is 7.30. The number of rotatable bonds is 6. The Morgan fingerprint density at radius 2 is 1.73 bits per heavy atom. The van der Waals surface area contributed by atoms with Gasteiger partial charge in [-0.25, -0.2) is 0 Å². The fourth-order valence-corrected chi connectivity index (χ4v) is 4.14. The second-order valence-electron chi connectivity index (χ2n) is 7.47. The Bertz CT molecular complexity index is 1100. The monoisotopic (exact) mass is 508 g/mol. The molecule has 0 bridgehead atoms. The molecule has 0 spiro atoms. The van der Waals surface area contributed by atoms with Crippen LogP contribution >= 0.6 is 22.9 Å². The molecule has 150 valence electrons.